The highest BCUT2D eigenvalue weighted by Gasteiger charge is 2.23. The molecule has 0 fully saturated rings. The standard InChI is InChI=1S/C73H46N2/c1-42(2)43-20-22-44(23-21-43)56-34-64-60-30-46-14-6-8-16-48(46)38-68(60)74-70-40-52-26-24-50(28-54(52)32-62(70)65(35-56)72(64)74)51-25-27-53-41-71-63(33-55(53)29-51)67-37-57(59-19-11-10-18-58(59)45-12-4-3-5-13-45)36-66-61-31-47-15-7-9-17-49(47)39-69(61)75(71)73(66)67/h3-42H,1-2H3. The molecule has 348 valence electrons. The third-order valence-corrected chi connectivity index (χ3v) is 17.0. The van der Waals surface area contributed by atoms with Crippen LogP contribution in [0, 0.1) is 0 Å². The molecule has 0 unspecified atom stereocenters. The summed E-state index contributed by atoms with van der Waals surface area (Å²) >= 11 is 0. The van der Waals surface area contributed by atoms with Crippen LogP contribution in [0.4, 0.5) is 0 Å². The third kappa shape index (κ3) is 5.85. The zero-order chi connectivity index (χ0) is 49.2. The van der Waals surface area contributed by atoms with Gasteiger partial charge in [0.15, 0.2) is 0 Å². The van der Waals surface area contributed by atoms with Gasteiger partial charge in [-0.05, 0) is 184 Å². The van der Waals surface area contributed by atoms with Crippen LogP contribution in [0.3, 0.4) is 0 Å². The van der Waals surface area contributed by atoms with E-state index in [2.05, 4.69) is 259 Å². The number of rotatable bonds is 5. The van der Waals surface area contributed by atoms with Gasteiger partial charge in [0.1, 0.15) is 0 Å². The summed E-state index contributed by atoms with van der Waals surface area (Å²) < 4.78 is 5.08. The van der Waals surface area contributed by atoms with E-state index in [-0.39, 0.29) is 0 Å². The first-order chi connectivity index (χ1) is 37.0. The molecule has 75 heavy (non-hydrogen) atoms. The normalized spacial score (nSPS) is 12.5. The lowest BCUT2D eigenvalue weighted by Crippen LogP contribution is -1.87. The van der Waals surface area contributed by atoms with Gasteiger partial charge in [-0.1, -0.05) is 166 Å². The van der Waals surface area contributed by atoms with E-state index in [4.69, 9.17) is 0 Å². The van der Waals surface area contributed by atoms with E-state index < -0.39 is 0 Å². The van der Waals surface area contributed by atoms with E-state index in [0.29, 0.717) is 5.92 Å². The molecule has 0 atom stereocenters. The van der Waals surface area contributed by atoms with Crippen LogP contribution in [0.1, 0.15) is 25.3 Å². The summed E-state index contributed by atoms with van der Waals surface area (Å²) in [6.07, 6.45) is 0. The molecule has 0 aliphatic rings. The molecule has 13 aromatic carbocycles. The van der Waals surface area contributed by atoms with E-state index >= 15 is 0 Å². The molecule has 0 saturated carbocycles. The number of nitrogens with zero attached hydrogens (tertiary/aromatic N) is 2. The maximum Gasteiger partial charge on any atom is 0.0620 e. The smallest absolute Gasteiger partial charge is 0.0620 e. The predicted molar refractivity (Wildman–Crippen MR) is 322 cm³/mol. The SMILES string of the molecule is CC(C)c1ccc(-c2cc3c4cc5ccccc5cc4n4c5cc6ccc(-c7ccc8cc9c(cc8c7)c7cc(-c8ccccc8-c8ccccc8)cc8c%10cc%11ccccc%11cc%10n9c87)cc6cc5c(c2)c34)cc1. The van der Waals surface area contributed by atoms with Gasteiger partial charge in [-0.2, -0.15) is 0 Å². The lowest BCUT2D eigenvalue weighted by molar-refractivity contribution is 0.867. The fourth-order valence-electron chi connectivity index (χ4n) is 13.3. The van der Waals surface area contributed by atoms with Gasteiger partial charge in [-0.15, -0.1) is 0 Å². The minimum atomic E-state index is 0.487. The van der Waals surface area contributed by atoms with Gasteiger partial charge >= 0.3 is 0 Å². The molecule has 0 spiro atoms. The fraction of sp³-hybridized carbons (Fsp3) is 0.0411. The second kappa shape index (κ2) is 15.0. The van der Waals surface area contributed by atoms with Crippen molar-refractivity contribution in [1.82, 2.24) is 8.80 Å². The Labute approximate surface area is 432 Å². The van der Waals surface area contributed by atoms with Crippen molar-refractivity contribution in [2.24, 2.45) is 0 Å². The number of fused-ring (bicyclic) bond motifs is 16. The van der Waals surface area contributed by atoms with Crippen molar-refractivity contribution in [3.63, 3.8) is 0 Å². The molecule has 0 aliphatic carbocycles. The monoisotopic (exact) mass is 950 g/mol. The third-order valence-electron chi connectivity index (χ3n) is 17.0. The average Bonchev–Trinajstić information content (AvgIpc) is 4.19. The van der Waals surface area contributed by atoms with Crippen LogP contribution in [-0.4, -0.2) is 8.80 Å². The van der Waals surface area contributed by atoms with Gasteiger partial charge in [-0.3, -0.25) is 0 Å². The molecule has 17 rings (SSSR count). The van der Waals surface area contributed by atoms with Crippen molar-refractivity contribution in [2.75, 3.05) is 0 Å². The Balaban J connectivity index is 0.858. The highest BCUT2D eigenvalue weighted by atomic mass is 14.9. The highest BCUT2D eigenvalue weighted by Crippen LogP contribution is 2.47. The minimum absolute atomic E-state index is 0.487. The topological polar surface area (TPSA) is 8.82 Å². The van der Waals surface area contributed by atoms with Crippen LogP contribution in [0.5, 0.6) is 0 Å². The second-order valence-corrected chi connectivity index (χ2v) is 21.5. The minimum Gasteiger partial charge on any atom is -0.308 e. The molecule has 2 nitrogen and oxygen atoms in total. The number of benzene rings is 13. The molecule has 4 aromatic heterocycles. The first-order valence-corrected chi connectivity index (χ1v) is 26.4. The van der Waals surface area contributed by atoms with Crippen molar-refractivity contribution in [2.45, 2.75) is 19.8 Å². The van der Waals surface area contributed by atoms with Crippen LogP contribution >= 0.6 is 0 Å². The van der Waals surface area contributed by atoms with E-state index in [9.17, 15) is 0 Å². The van der Waals surface area contributed by atoms with E-state index in [1.54, 1.807) is 0 Å². The molecule has 0 aliphatic heterocycles. The van der Waals surface area contributed by atoms with E-state index in [0.717, 1.165) is 0 Å². The number of aromatic nitrogens is 2. The first kappa shape index (κ1) is 41.0. The molecule has 2 heteroatoms. The summed E-state index contributed by atoms with van der Waals surface area (Å²) in [5.74, 6) is 0.487. The molecule has 17 aromatic rings. The Bertz CT molecular complexity index is 5240. The van der Waals surface area contributed by atoms with Crippen molar-refractivity contribution in [1.29, 1.82) is 0 Å². The fourth-order valence-corrected chi connectivity index (χ4v) is 13.3. The molecule has 0 bridgehead atoms. The van der Waals surface area contributed by atoms with Crippen LogP contribution in [0.25, 0.3) is 164 Å². The van der Waals surface area contributed by atoms with Crippen LogP contribution < -0.4 is 0 Å². The van der Waals surface area contributed by atoms with Gasteiger partial charge in [0.05, 0.1) is 33.1 Å². The zero-order valence-electron chi connectivity index (χ0n) is 41.5. The summed E-state index contributed by atoms with van der Waals surface area (Å²) in [6.45, 7) is 4.53. The van der Waals surface area contributed by atoms with Gasteiger partial charge in [-0.25, -0.2) is 0 Å². The van der Waals surface area contributed by atoms with Crippen molar-refractivity contribution >= 4 is 119 Å². The van der Waals surface area contributed by atoms with Crippen molar-refractivity contribution < 1.29 is 0 Å². The Morgan fingerprint density at radius 2 is 0.600 bits per heavy atom. The lowest BCUT2D eigenvalue weighted by atomic mass is 9.92. The molecular weight excluding hydrogens is 905 g/mol. The molecule has 0 amide bonds. The average molecular weight is 951 g/mol. The van der Waals surface area contributed by atoms with Crippen molar-refractivity contribution in [3.05, 3.63) is 242 Å². The van der Waals surface area contributed by atoms with Gasteiger partial charge in [0, 0.05) is 43.1 Å². The summed E-state index contributed by atoms with van der Waals surface area (Å²) in [5.41, 5.74) is 18.8. The summed E-state index contributed by atoms with van der Waals surface area (Å²) in [5, 5.41) is 20.3. The van der Waals surface area contributed by atoms with Crippen molar-refractivity contribution in [3.8, 4) is 44.5 Å². The Kier molecular flexibility index (Phi) is 8.23. The van der Waals surface area contributed by atoms with Crippen LogP contribution in [-0.2, 0) is 0 Å². The van der Waals surface area contributed by atoms with Crippen LogP contribution in [0.15, 0.2) is 237 Å². The zero-order valence-corrected chi connectivity index (χ0v) is 41.5. The molecular formula is C73H46N2. The summed E-state index contributed by atoms with van der Waals surface area (Å²) in [7, 11) is 0. The number of hydrogen-bond donors (Lipinski definition) is 0. The predicted octanol–water partition coefficient (Wildman–Crippen LogP) is 20.4. The Morgan fingerprint density at radius 3 is 1.05 bits per heavy atom. The molecule has 0 saturated heterocycles. The first-order valence-electron chi connectivity index (χ1n) is 26.4. The lowest BCUT2D eigenvalue weighted by Gasteiger charge is -2.11. The molecule has 0 radical (unpaired) electrons. The highest BCUT2D eigenvalue weighted by molar-refractivity contribution is 6.29. The maximum absolute atomic E-state index is 2.54. The largest absolute Gasteiger partial charge is 0.308 e. The molecule has 4 heterocycles. The van der Waals surface area contributed by atoms with E-state index in [1.807, 2.05) is 0 Å². The van der Waals surface area contributed by atoms with Gasteiger partial charge < -0.3 is 8.80 Å². The van der Waals surface area contributed by atoms with E-state index in [1.165, 1.54) is 169 Å². The second-order valence-electron chi connectivity index (χ2n) is 21.5. The molecule has 0 N–H and O–H groups in total. The van der Waals surface area contributed by atoms with Gasteiger partial charge in [0.25, 0.3) is 0 Å². The summed E-state index contributed by atoms with van der Waals surface area (Å²) in [6, 6.07) is 89.8. The summed E-state index contributed by atoms with van der Waals surface area (Å²) in [4.78, 5) is 0. The Hall–Kier alpha value is -9.50. The number of hydrogen-bond acceptors (Lipinski definition) is 0. The van der Waals surface area contributed by atoms with Gasteiger partial charge in [0.2, 0.25) is 0 Å². The maximum atomic E-state index is 2.54. The Morgan fingerprint density at radius 1 is 0.240 bits per heavy atom. The quantitative estimate of drug-likeness (QED) is 0.163. The van der Waals surface area contributed by atoms with Crippen LogP contribution in [0.2, 0.25) is 0 Å².